The maximum Gasteiger partial charge on any atom is 0.335 e. The van der Waals surface area contributed by atoms with Crippen LogP contribution in [0.2, 0.25) is 0 Å². The van der Waals surface area contributed by atoms with Crippen LogP contribution < -0.4 is 14.8 Å². The van der Waals surface area contributed by atoms with Gasteiger partial charge in [0.2, 0.25) is 0 Å². The Morgan fingerprint density at radius 2 is 1.75 bits per heavy atom. The van der Waals surface area contributed by atoms with Gasteiger partial charge in [-0.05, 0) is 55.3 Å². The fourth-order valence-corrected chi connectivity index (χ4v) is 2.71. The number of ether oxygens (including phenoxy) is 3. The van der Waals surface area contributed by atoms with Crippen LogP contribution in [0, 0.1) is 6.92 Å². The number of rotatable bonds is 9. The molecule has 0 aromatic heterocycles. The molecule has 0 saturated heterocycles. The summed E-state index contributed by atoms with van der Waals surface area (Å²) in [4.78, 5) is 23.8. The van der Waals surface area contributed by atoms with E-state index in [0.29, 0.717) is 35.8 Å². The topological polar surface area (TPSA) is 94.1 Å². The first-order valence-corrected chi connectivity index (χ1v) is 8.81. The van der Waals surface area contributed by atoms with E-state index in [2.05, 4.69) is 5.32 Å². The van der Waals surface area contributed by atoms with Crippen LogP contribution in [-0.4, -0.2) is 44.4 Å². The summed E-state index contributed by atoms with van der Waals surface area (Å²) in [5.41, 5.74) is 1.92. The Bertz CT molecular complexity index is 849. The van der Waals surface area contributed by atoms with Gasteiger partial charge in [0.15, 0.2) is 11.5 Å². The fraction of sp³-hybridized carbons (Fsp3) is 0.333. The Labute approximate surface area is 164 Å². The van der Waals surface area contributed by atoms with Crippen LogP contribution in [0.3, 0.4) is 0 Å². The zero-order chi connectivity index (χ0) is 20.7. The minimum Gasteiger partial charge on any atom is -0.493 e. The molecule has 0 radical (unpaired) electrons. The molecule has 1 amide bonds. The number of hydrogen-bond donors (Lipinski definition) is 2. The van der Waals surface area contributed by atoms with Crippen molar-refractivity contribution in [1.82, 2.24) is 5.32 Å². The van der Waals surface area contributed by atoms with E-state index in [9.17, 15) is 14.7 Å². The lowest BCUT2D eigenvalue weighted by Crippen LogP contribution is -2.27. The number of aryl methyl sites for hydroxylation is 1. The van der Waals surface area contributed by atoms with E-state index in [1.54, 1.807) is 39.3 Å². The predicted molar refractivity (Wildman–Crippen MR) is 104 cm³/mol. The van der Waals surface area contributed by atoms with E-state index in [4.69, 9.17) is 14.2 Å². The van der Waals surface area contributed by atoms with Crippen LogP contribution in [0.15, 0.2) is 36.4 Å². The summed E-state index contributed by atoms with van der Waals surface area (Å²) >= 11 is 0. The summed E-state index contributed by atoms with van der Waals surface area (Å²) < 4.78 is 15.9. The van der Waals surface area contributed by atoms with Crippen molar-refractivity contribution in [2.45, 2.75) is 19.9 Å². The van der Waals surface area contributed by atoms with Crippen LogP contribution in [-0.2, 0) is 4.74 Å². The second-order valence-electron chi connectivity index (χ2n) is 6.34. The molecule has 150 valence electrons. The van der Waals surface area contributed by atoms with Crippen LogP contribution in [0.4, 0.5) is 0 Å². The van der Waals surface area contributed by atoms with Gasteiger partial charge in [-0.2, -0.15) is 0 Å². The number of aromatic carboxylic acids is 1. The molecule has 0 saturated carbocycles. The first kappa shape index (κ1) is 21.2. The van der Waals surface area contributed by atoms with E-state index >= 15 is 0 Å². The number of carbonyl (C=O) groups is 2. The van der Waals surface area contributed by atoms with E-state index < -0.39 is 5.97 Å². The standard InChI is InChI=1S/C21H25NO6/c1-13-9-16(11-17(10-13)21(24)25)20(23)22-14(2)15-5-6-18(19(12-15)27-4)28-8-7-26-3/h5-6,9-12,14H,7-8H2,1-4H3,(H,22,23)(H,24,25). The number of carbonyl (C=O) groups excluding carboxylic acids is 1. The zero-order valence-electron chi connectivity index (χ0n) is 16.4. The molecular weight excluding hydrogens is 362 g/mol. The first-order valence-electron chi connectivity index (χ1n) is 8.81. The summed E-state index contributed by atoms with van der Waals surface area (Å²) in [7, 11) is 3.15. The average molecular weight is 387 g/mol. The molecule has 0 bridgehead atoms. The van der Waals surface area contributed by atoms with Crippen molar-refractivity contribution >= 4 is 11.9 Å². The van der Waals surface area contributed by atoms with Gasteiger partial charge in [-0.1, -0.05) is 6.07 Å². The molecule has 7 heteroatoms. The molecule has 2 aromatic rings. The van der Waals surface area contributed by atoms with Crippen molar-refractivity contribution in [1.29, 1.82) is 0 Å². The molecule has 28 heavy (non-hydrogen) atoms. The lowest BCUT2D eigenvalue weighted by Gasteiger charge is -2.17. The molecule has 0 spiro atoms. The van der Waals surface area contributed by atoms with Gasteiger partial charge in [0.1, 0.15) is 6.61 Å². The maximum absolute atomic E-state index is 12.6. The highest BCUT2D eigenvalue weighted by atomic mass is 16.5. The summed E-state index contributed by atoms with van der Waals surface area (Å²) in [6.07, 6.45) is 0. The number of hydrogen-bond acceptors (Lipinski definition) is 5. The van der Waals surface area contributed by atoms with Gasteiger partial charge in [0.25, 0.3) is 5.91 Å². The highest BCUT2D eigenvalue weighted by Crippen LogP contribution is 2.30. The fourth-order valence-electron chi connectivity index (χ4n) is 2.71. The third-order valence-electron chi connectivity index (χ3n) is 4.17. The van der Waals surface area contributed by atoms with E-state index in [1.165, 1.54) is 12.1 Å². The van der Waals surface area contributed by atoms with Gasteiger partial charge >= 0.3 is 5.97 Å². The van der Waals surface area contributed by atoms with Crippen LogP contribution in [0.1, 0.15) is 44.8 Å². The highest BCUT2D eigenvalue weighted by Gasteiger charge is 2.16. The monoisotopic (exact) mass is 387 g/mol. The first-order chi connectivity index (χ1) is 13.3. The maximum atomic E-state index is 12.6. The number of benzene rings is 2. The number of nitrogens with one attached hydrogen (secondary N) is 1. The molecule has 1 atom stereocenters. The number of methoxy groups -OCH3 is 2. The molecule has 0 fully saturated rings. The number of amides is 1. The van der Waals surface area contributed by atoms with Crippen molar-refractivity contribution in [3.63, 3.8) is 0 Å². The summed E-state index contributed by atoms with van der Waals surface area (Å²) in [6, 6.07) is 9.65. The molecule has 2 N–H and O–H groups in total. The largest absolute Gasteiger partial charge is 0.493 e. The van der Waals surface area contributed by atoms with E-state index in [1.807, 2.05) is 13.0 Å². The molecule has 2 aromatic carbocycles. The average Bonchev–Trinajstić information content (AvgIpc) is 2.67. The summed E-state index contributed by atoms with van der Waals surface area (Å²) in [6.45, 7) is 4.45. The van der Waals surface area contributed by atoms with Gasteiger partial charge in [-0.15, -0.1) is 0 Å². The van der Waals surface area contributed by atoms with Crippen LogP contribution >= 0.6 is 0 Å². The smallest absolute Gasteiger partial charge is 0.335 e. The lowest BCUT2D eigenvalue weighted by molar-refractivity contribution is 0.0696. The molecule has 0 aliphatic carbocycles. The van der Waals surface area contributed by atoms with Gasteiger partial charge < -0.3 is 24.6 Å². The Kier molecular flexibility index (Phi) is 7.40. The number of carboxylic acids is 1. The molecule has 2 rings (SSSR count). The Morgan fingerprint density at radius 3 is 2.39 bits per heavy atom. The van der Waals surface area contributed by atoms with Crippen molar-refractivity contribution < 1.29 is 28.9 Å². The SMILES string of the molecule is COCCOc1ccc(C(C)NC(=O)c2cc(C)cc(C(=O)O)c2)cc1OC. The molecule has 0 aliphatic heterocycles. The molecule has 1 unspecified atom stereocenters. The predicted octanol–water partition coefficient (Wildman–Crippen LogP) is 3.22. The minimum atomic E-state index is -1.07. The summed E-state index contributed by atoms with van der Waals surface area (Å²) in [5, 5.41) is 12.1. The van der Waals surface area contributed by atoms with Gasteiger partial charge in [-0.3, -0.25) is 4.79 Å². The van der Waals surface area contributed by atoms with Gasteiger partial charge in [0, 0.05) is 12.7 Å². The van der Waals surface area contributed by atoms with Crippen LogP contribution in [0.25, 0.3) is 0 Å². The Balaban J connectivity index is 2.14. The van der Waals surface area contributed by atoms with Crippen LogP contribution in [0.5, 0.6) is 11.5 Å². The van der Waals surface area contributed by atoms with Gasteiger partial charge in [0.05, 0.1) is 25.3 Å². The normalized spacial score (nSPS) is 11.6. The molecule has 0 heterocycles. The molecular formula is C21H25NO6. The lowest BCUT2D eigenvalue weighted by atomic mass is 10.0. The summed E-state index contributed by atoms with van der Waals surface area (Å²) in [5.74, 6) is -0.275. The van der Waals surface area contributed by atoms with Crippen molar-refractivity contribution in [3.05, 3.63) is 58.7 Å². The zero-order valence-corrected chi connectivity index (χ0v) is 16.4. The van der Waals surface area contributed by atoms with Crippen molar-refractivity contribution in [2.75, 3.05) is 27.4 Å². The van der Waals surface area contributed by atoms with E-state index in [-0.39, 0.29) is 17.5 Å². The second-order valence-corrected chi connectivity index (χ2v) is 6.34. The Hall–Kier alpha value is -3.06. The molecule has 7 nitrogen and oxygen atoms in total. The second kappa shape index (κ2) is 9.75. The van der Waals surface area contributed by atoms with Crippen molar-refractivity contribution in [3.8, 4) is 11.5 Å². The quantitative estimate of drug-likeness (QED) is 0.642. The van der Waals surface area contributed by atoms with Crippen molar-refractivity contribution in [2.24, 2.45) is 0 Å². The third kappa shape index (κ3) is 5.47. The van der Waals surface area contributed by atoms with E-state index in [0.717, 1.165) is 5.56 Å². The Morgan fingerprint density at radius 1 is 1.04 bits per heavy atom. The van der Waals surface area contributed by atoms with Gasteiger partial charge in [-0.25, -0.2) is 4.79 Å². The number of carboxylic acid groups (broad SMARTS) is 1. The molecule has 0 aliphatic rings. The minimum absolute atomic E-state index is 0.0806. The third-order valence-corrected chi connectivity index (χ3v) is 4.17. The highest BCUT2D eigenvalue weighted by molar-refractivity contribution is 5.98.